The maximum Gasteiger partial charge on any atom is 0.412 e. The first-order valence-electron chi connectivity index (χ1n) is 5.61. The third kappa shape index (κ3) is 3.07. The molecule has 0 saturated heterocycles. The molecular weight excluding hydrogens is 264 g/mol. The average Bonchev–Trinajstić information content (AvgIpc) is 2.29. The predicted molar refractivity (Wildman–Crippen MR) is 76.5 cm³/mol. The van der Waals surface area contributed by atoms with Gasteiger partial charge in [0, 0.05) is 5.54 Å². The minimum atomic E-state index is -1.13. The first kappa shape index (κ1) is 15.1. The Bertz CT molecular complexity index is 568. The second kappa shape index (κ2) is 5.33. The molecular formula is C14H15ClN2O2. The van der Waals surface area contributed by atoms with Gasteiger partial charge < -0.3 is 5.11 Å². The predicted octanol–water partition coefficient (Wildman–Crippen LogP) is 4.14. The molecule has 0 radical (unpaired) electrons. The molecule has 1 aromatic rings. The molecule has 1 aromatic carbocycles. The van der Waals surface area contributed by atoms with Crippen LogP contribution in [0.15, 0.2) is 18.7 Å². The van der Waals surface area contributed by atoms with Crippen LogP contribution in [0.4, 0.5) is 10.5 Å². The van der Waals surface area contributed by atoms with E-state index in [2.05, 4.69) is 6.58 Å². The van der Waals surface area contributed by atoms with Crippen molar-refractivity contribution in [3.63, 3.8) is 0 Å². The molecule has 0 unspecified atom stereocenters. The molecule has 0 aliphatic carbocycles. The number of nitriles is 1. The number of benzene rings is 1. The van der Waals surface area contributed by atoms with Gasteiger partial charge in [0.05, 0.1) is 22.3 Å². The van der Waals surface area contributed by atoms with E-state index in [1.807, 2.05) is 6.07 Å². The van der Waals surface area contributed by atoms with Crippen LogP contribution >= 0.6 is 11.6 Å². The summed E-state index contributed by atoms with van der Waals surface area (Å²) in [4.78, 5) is 12.6. The third-order valence-electron chi connectivity index (χ3n) is 2.53. The summed E-state index contributed by atoms with van der Waals surface area (Å²) < 4.78 is 0. The SMILES string of the molecule is C=Cc1cc(C#N)cc(N(C(=O)O)C(C)(C)C)c1Cl. The van der Waals surface area contributed by atoms with E-state index in [1.165, 1.54) is 12.1 Å². The Morgan fingerprint density at radius 1 is 1.53 bits per heavy atom. The van der Waals surface area contributed by atoms with Gasteiger partial charge in [0.25, 0.3) is 0 Å². The van der Waals surface area contributed by atoms with Crippen LogP contribution in [0.25, 0.3) is 6.08 Å². The lowest BCUT2D eigenvalue weighted by Gasteiger charge is -2.34. The van der Waals surface area contributed by atoms with Crippen LogP contribution in [-0.2, 0) is 0 Å². The van der Waals surface area contributed by atoms with E-state index in [0.29, 0.717) is 11.1 Å². The third-order valence-corrected chi connectivity index (χ3v) is 2.95. The number of anilines is 1. The highest BCUT2D eigenvalue weighted by Gasteiger charge is 2.30. The average molecular weight is 279 g/mol. The summed E-state index contributed by atoms with van der Waals surface area (Å²) in [6.07, 6.45) is 0.370. The van der Waals surface area contributed by atoms with Crippen LogP contribution < -0.4 is 4.90 Å². The molecule has 4 nitrogen and oxygen atoms in total. The summed E-state index contributed by atoms with van der Waals surface area (Å²) in [5.74, 6) is 0. The van der Waals surface area contributed by atoms with E-state index < -0.39 is 11.6 Å². The van der Waals surface area contributed by atoms with Gasteiger partial charge in [-0.05, 0) is 38.5 Å². The number of amides is 1. The maximum absolute atomic E-state index is 11.5. The van der Waals surface area contributed by atoms with Gasteiger partial charge in [-0.1, -0.05) is 24.3 Å². The van der Waals surface area contributed by atoms with Crippen LogP contribution in [0.2, 0.25) is 5.02 Å². The standard InChI is InChI=1S/C14H15ClN2O2/c1-5-10-6-9(8-16)7-11(12(10)15)17(13(18)19)14(2,3)4/h5-7H,1H2,2-4H3,(H,18,19). The molecule has 0 heterocycles. The topological polar surface area (TPSA) is 64.3 Å². The van der Waals surface area contributed by atoms with E-state index in [-0.39, 0.29) is 10.7 Å². The van der Waals surface area contributed by atoms with Crippen LogP contribution in [0, 0.1) is 11.3 Å². The molecule has 5 heteroatoms. The molecule has 0 aromatic heterocycles. The van der Waals surface area contributed by atoms with Crippen molar-refractivity contribution in [2.75, 3.05) is 4.90 Å². The quantitative estimate of drug-likeness (QED) is 0.884. The molecule has 0 atom stereocenters. The Balaban J connectivity index is 3.60. The lowest BCUT2D eigenvalue weighted by molar-refractivity contribution is 0.195. The van der Waals surface area contributed by atoms with Crippen LogP contribution in [-0.4, -0.2) is 16.7 Å². The van der Waals surface area contributed by atoms with Crippen molar-refractivity contribution >= 4 is 29.5 Å². The molecule has 1 N–H and O–H groups in total. The lowest BCUT2D eigenvalue weighted by atomic mass is 10.0. The van der Waals surface area contributed by atoms with Gasteiger partial charge in [-0.25, -0.2) is 4.79 Å². The highest BCUT2D eigenvalue weighted by Crippen LogP contribution is 2.35. The molecule has 100 valence electrons. The summed E-state index contributed by atoms with van der Waals surface area (Å²) in [5, 5.41) is 18.6. The monoisotopic (exact) mass is 278 g/mol. The smallest absolute Gasteiger partial charge is 0.412 e. The summed E-state index contributed by atoms with van der Waals surface area (Å²) in [5.41, 5.74) is 0.480. The van der Waals surface area contributed by atoms with Gasteiger partial charge in [-0.3, -0.25) is 4.90 Å². The number of nitrogens with zero attached hydrogens (tertiary/aromatic N) is 2. The van der Waals surface area contributed by atoms with Crippen LogP contribution in [0.5, 0.6) is 0 Å². The molecule has 0 saturated carbocycles. The van der Waals surface area contributed by atoms with E-state index in [4.69, 9.17) is 16.9 Å². The summed E-state index contributed by atoms with van der Waals surface area (Å²) in [6, 6.07) is 5.03. The van der Waals surface area contributed by atoms with Gasteiger partial charge >= 0.3 is 6.09 Å². The van der Waals surface area contributed by atoms with E-state index >= 15 is 0 Å². The number of carboxylic acid groups (broad SMARTS) is 1. The van der Waals surface area contributed by atoms with Crippen molar-refractivity contribution in [1.82, 2.24) is 0 Å². The summed E-state index contributed by atoms with van der Waals surface area (Å²) in [7, 11) is 0. The highest BCUT2D eigenvalue weighted by atomic mass is 35.5. The number of hydrogen-bond donors (Lipinski definition) is 1. The van der Waals surface area contributed by atoms with Gasteiger partial charge in [0.1, 0.15) is 0 Å². The molecule has 1 amide bonds. The molecule has 0 spiro atoms. The molecule has 0 fully saturated rings. The van der Waals surface area contributed by atoms with Crippen molar-refractivity contribution in [3.8, 4) is 6.07 Å². The Labute approximate surface area is 117 Å². The first-order valence-corrected chi connectivity index (χ1v) is 5.99. The Morgan fingerprint density at radius 2 is 2.11 bits per heavy atom. The second-order valence-corrected chi connectivity index (χ2v) is 5.38. The minimum Gasteiger partial charge on any atom is -0.465 e. The van der Waals surface area contributed by atoms with Crippen molar-refractivity contribution in [2.45, 2.75) is 26.3 Å². The van der Waals surface area contributed by atoms with Gasteiger partial charge in [-0.15, -0.1) is 0 Å². The lowest BCUT2D eigenvalue weighted by Crippen LogP contribution is -2.45. The Kier molecular flexibility index (Phi) is 4.23. The fraction of sp³-hybridized carbons (Fsp3) is 0.286. The molecule has 1 rings (SSSR count). The fourth-order valence-corrected chi connectivity index (χ4v) is 2.03. The molecule has 0 bridgehead atoms. The van der Waals surface area contributed by atoms with Crippen molar-refractivity contribution in [3.05, 3.63) is 34.9 Å². The largest absolute Gasteiger partial charge is 0.465 e. The second-order valence-electron chi connectivity index (χ2n) is 5.00. The number of carbonyl (C=O) groups is 1. The normalized spacial score (nSPS) is 10.7. The van der Waals surface area contributed by atoms with E-state index in [9.17, 15) is 9.90 Å². The van der Waals surface area contributed by atoms with E-state index in [0.717, 1.165) is 4.90 Å². The highest BCUT2D eigenvalue weighted by molar-refractivity contribution is 6.35. The number of hydrogen-bond acceptors (Lipinski definition) is 2. The molecule has 0 aliphatic heterocycles. The van der Waals surface area contributed by atoms with E-state index in [1.54, 1.807) is 26.8 Å². The number of rotatable bonds is 2. The zero-order valence-electron chi connectivity index (χ0n) is 11.1. The summed E-state index contributed by atoms with van der Waals surface area (Å²) >= 11 is 6.20. The fourth-order valence-electron chi connectivity index (χ4n) is 1.76. The number of halogens is 1. The Hall–Kier alpha value is -1.99. The van der Waals surface area contributed by atoms with Gasteiger partial charge in [-0.2, -0.15) is 5.26 Å². The zero-order chi connectivity index (χ0) is 14.8. The van der Waals surface area contributed by atoms with Crippen molar-refractivity contribution in [2.24, 2.45) is 0 Å². The summed E-state index contributed by atoms with van der Waals surface area (Å²) in [6.45, 7) is 8.88. The first-order chi connectivity index (χ1) is 8.72. The molecule has 0 aliphatic rings. The van der Waals surface area contributed by atoms with Crippen molar-refractivity contribution in [1.29, 1.82) is 5.26 Å². The zero-order valence-corrected chi connectivity index (χ0v) is 11.8. The van der Waals surface area contributed by atoms with Crippen LogP contribution in [0.3, 0.4) is 0 Å². The minimum absolute atomic E-state index is 0.270. The van der Waals surface area contributed by atoms with Crippen LogP contribution in [0.1, 0.15) is 31.9 Å². The maximum atomic E-state index is 11.5. The molecule has 19 heavy (non-hydrogen) atoms. The van der Waals surface area contributed by atoms with Crippen molar-refractivity contribution < 1.29 is 9.90 Å². The Morgan fingerprint density at radius 3 is 2.47 bits per heavy atom. The van der Waals surface area contributed by atoms with Gasteiger partial charge in [0.15, 0.2) is 0 Å². The van der Waals surface area contributed by atoms with Gasteiger partial charge in [0.2, 0.25) is 0 Å².